The van der Waals surface area contributed by atoms with E-state index in [4.69, 9.17) is 4.74 Å². The Bertz CT molecular complexity index is 1740. The van der Waals surface area contributed by atoms with Gasteiger partial charge in [-0.1, -0.05) is 73.0 Å². The van der Waals surface area contributed by atoms with Crippen LogP contribution in [0.15, 0.2) is 108 Å². The third kappa shape index (κ3) is 7.95. The molecule has 8 nitrogen and oxygen atoms in total. The molecule has 0 bridgehead atoms. The van der Waals surface area contributed by atoms with Gasteiger partial charge in [-0.2, -0.15) is 0 Å². The molecule has 46 heavy (non-hydrogen) atoms. The number of amides is 2. The predicted molar refractivity (Wildman–Crippen MR) is 180 cm³/mol. The lowest BCUT2D eigenvalue weighted by Gasteiger charge is -2.33. The molecule has 0 unspecified atom stereocenters. The molecule has 0 heterocycles. The second-order valence-electron chi connectivity index (χ2n) is 11.8. The number of para-hydroxylation sites is 1. The molecule has 0 saturated heterocycles. The first kappa shape index (κ1) is 32.8. The van der Waals surface area contributed by atoms with E-state index in [2.05, 4.69) is 5.32 Å². The van der Waals surface area contributed by atoms with E-state index in [0.717, 1.165) is 46.7 Å². The summed E-state index contributed by atoms with van der Waals surface area (Å²) in [6.45, 7) is 5.20. The van der Waals surface area contributed by atoms with Crippen molar-refractivity contribution in [2.45, 2.75) is 70.0 Å². The number of nitrogens with zero attached hydrogens (tertiary/aromatic N) is 2. The van der Waals surface area contributed by atoms with Crippen molar-refractivity contribution in [1.82, 2.24) is 10.2 Å². The minimum Gasteiger partial charge on any atom is -0.457 e. The predicted octanol–water partition coefficient (Wildman–Crippen LogP) is 6.77. The number of carbonyl (C=O) groups is 2. The number of nitrogens with one attached hydrogen (secondary N) is 1. The Morgan fingerprint density at radius 3 is 2.09 bits per heavy atom. The number of hydrogen-bond donors (Lipinski definition) is 1. The SMILES string of the molecule is Cc1ccc(S(=O)(=O)N(CC(=O)N(Cc2ccccc2C)[C@@H](C)C(=O)NC2CCCC2)c2ccc(Oc3ccccc3)cc2)cc1. The first-order valence-electron chi connectivity index (χ1n) is 15.7. The van der Waals surface area contributed by atoms with E-state index in [1.165, 1.54) is 17.0 Å². The molecule has 4 aromatic carbocycles. The average molecular weight is 640 g/mol. The van der Waals surface area contributed by atoms with Gasteiger partial charge in [-0.3, -0.25) is 13.9 Å². The molecule has 1 N–H and O–H groups in total. The number of carbonyl (C=O) groups excluding carboxylic acids is 2. The molecule has 0 spiro atoms. The lowest BCUT2D eigenvalue weighted by atomic mass is 10.1. The fraction of sp³-hybridized carbons (Fsp3) is 0.297. The molecule has 1 atom stereocenters. The molecule has 4 aromatic rings. The Hall–Kier alpha value is -4.63. The summed E-state index contributed by atoms with van der Waals surface area (Å²) in [4.78, 5) is 29.3. The second kappa shape index (κ2) is 14.6. The van der Waals surface area contributed by atoms with Gasteiger partial charge in [-0.05, 0) is 93.3 Å². The highest BCUT2D eigenvalue weighted by Crippen LogP contribution is 2.29. The standard InChI is InChI=1S/C37H41N3O5S/c1-27-17-23-35(24-18-27)46(43,44)40(32-19-21-34(22-20-32)45-33-15-5-4-6-16-33)26-36(41)39(25-30-12-8-7-11-28(30)2)29(3)37(42)38-31-13-9-10-14-31/h4-8,11-12,15-24,29,31H,9-10,13-14,25-26H2,1-3H3,(H,38,42)/t29-/m0/s1. The van der Waals surface area contributed by atoms with Crippen LogP contribution in [0.4, 0.5) is 5.69 Å². The van der Waals surface area contributed by atoms with Gasteiger partial charge < -0.3 is 15.0 Å². The smallest absolute Gasteiger partial charge is 0.264 e. The van der Waals surface area contributed by atoms with Crippen molar-refractivity contribution in [3.05, 3.63) is 120 Å². The highest BCUT2D eigenvalue weighted by Gasteiger charge is 2.33. The molecular formula is C37H41N3O5S. The summed E-state index contributed by atoms with van der Waals surface area (Å²) in [5.74, 6) is 0.431. The van der Waals surface area contributed by atoms with Crippen molar-refractivity contribution >= 4 is 27.5 Å². The van der Waals surface area contributed by atoms with Crippen molar-refractivity contribution < 1.29 is 22.7 Å². The number of ether oxygens (including phenoxy) is 1. The van der Waals surface area contributed by atoms with Crippen molar-refractivity contribution in [1.29, 1.82) is 0 Å². The van der Waals surface area contributed by atoms with Crippen LogP contribution in [-0.4, -0.2) is 43.8 Å². The monoisotopic (exact) mass is 639 g/mol. The molecule has 0 aliphatic heterocycles. The number of rotatable bonds is 12. The zero-order valence-electron chi connectivity index (χ0n) is 26.6. The van der Waals surface area contributed by atoms with Crippen LogP contribution >= 0.6 is 0 Å². The number of anilines is 1. The van der Waals surface area contributed by atoms with E-state index in [1.54, 1.807) is 43.3 Å². The van der Waals surface area contributed by atoms with E-state index in [0.29, 0.717) is 17.2 Å². The van der Waals surface area contributed by atoms with E-state index in [-0.39, 0.29) is 23.4 Å². The summed E-state index contributed by atoms with van der Waals surface area (Å²) in [5, 5.41) is 3.11. The Morgan fingerprint density at radius 2 is 1.43 bits per heavy atom. The lowest BCUT2D eigenvalue weighted by Crippen LogP contribution is -2.52. The first-order chi connectivity index (χ1) is 22.1. The van der Waals surface area contributed by atoms with Gasteiger partial charge in [0.05, 0.1) is 10.6 Å². The molecular weight excluding hydrogens is 598 g/mol. The molecule has 0 aromatic heterocycles. The molecule has 1 saturated carbocycles. The number of hydrogen-bond acceptors (Lipinski definition) is 5. The summed E-state index contributed by atoms with van der Waals surface area (Å²) < 4.78 is 35.4. The summed E-state index contributed by atoms with van der Waals surface area (Å²) in [7, 11) is -4.17. The zero-order valence-corrected chi connectivity index (χ0v) is 27.4. The summed E-state index contributed by atoms with van der Waals surface area (Å²) in [5.41, 5.74) is 3.07. The maximum Gasteiger partial charge on any atom is 0.264 e. The minimum absolute atomic E-state index is 0.0630. The quantitative estimate of drug-likeness (QED) is 0.185. The van der Waals surface area contributed by atoms with Crippen molar-refractivity contribution in [2.24, 2.45) is 0 Å². The topological polar surface area (TPSA) is 96.0 Å². The largest absolute Gasteiger partial charge is 0.457 e. The van der Waals surface area contributed by atoms with Gasteiger partial charge in [0.1, 0.15) is 24.1 Å². The highest BCUT2D eigenvalue weighted by atomic mass is 32.2. The number of sulfonamides is 1. The molecule has 2 amide bonds. The number of benzene rings is 4. The van der Waals surface area contributed by atoms with Crippen molar-refractivity contribution in [3.63, 3.8) is 0 Å². The van der Waals surface area contributed by atoms with Crippen LogP contribution in [0.3, 0.4) is 0 Å². The van der Waals surface area contributed by atoms with Gasteiger partial charge >= 0.3 is 0 Å². The fourth-order valence-electron chi connectivity index (χ4n) is 5.62. The van der Waals surface area contributed by atoms with Gasteiger partial charge in [0, 0.05) is 12.6 Å². The molecule has 1 fully saturated rings. The summed E-state index contributed by atoms with van der Waals surface area (Å²) in [6.07, 6.45) is 3.95. The van der Waals surface area contributed by atoms with Crippen molar-refractivity contribution in [3.8, 4) is 11.5 Å². The third-order valence-corrected chi connectivity index (χ3v) is 10.3. The summed E-state index contributed by atoms with van der Waals surface area (Å²) in [6, 6.07) is 29.3. The van der Waals surface area contributed by atoms with Crippen LogP contribution in [0.25, 0.3) is 0 Å². The highest BCUT2D eigenvalue weighted by molar-refractivity contribution is 7.92. The van der Waals surface area contributed by atoms with Crippen LogP contribution in [0.2, 0.25) is 0 Å². The van der Waals surface area contributed by atoms with Crippen LogP contribution in [0.5, 0.6) is 11.5 Å². The molecule has 240 valence electrons. The fourth-order valence-corrected chi connectivity index (χ4v) is 7.03. The Kier molecular flexibility index (Phi) is 10.4. The Labute approximate surface area is 272 Å². The Morgan fingerprint density at radius 1 is 0.826 bits per heavy atom. The zero-order chi connectivity index (χ0) is 32.7. The van der Waals surface area contributed by atoms with E-state index in [1.807, 2.05) is 68.4 Å². The first-order valence-corrected chi connectivity index (χ1v) is 17.1. The van der Waals surface area contributed by atoms with Gasteiger partial charge in [0.25, 0.3) is 10.0 Å². The lowest BCUT2D eigenvalue weighted by molar-refractivity contribution is -0.139. The molecule has 1 aliphatic rings. The maximum absolute atomic E-state index is 14.3. The van der Waals surface area contributed by atoms with Crippen molar-refractivity contribution in [2.75, 3.05) is 10.8 Å². The molecule has 0 radical (unpaired) electrons. The average Bonchev–Trinajstić information content (AvgIpc) is 3.57. The van der Waals surface area contributed by atoms with Gasteiger partial charge in [-0.15, -0.1) is 0 Å². The molecule has 5 rings (SSSR count). The third-order valence-electron chi connectivity index (χ3n) is 8.46. The number of aryl methyl sites for hydroxylation is 2. The van der Waals surface area contributed by atoms with E-state index >= 15 is 0 Å². The molecule has 1 aliphatic carbocycles. The second-order valence-corrected chi connectivity index (χ2v) is 13.7. The van der Waals surface area contributed by atoms with Crippen LogP contribution < -0.4 is 14.4 Å². The van der Waals surface area contributed by atoms with E-state index in [9.17, 15) is 18.0 Å². The minimum atomic E-state index is -4.17. The van der Waals surface area contributed by atoms with Crippen LogP contribution in [0, 0.1) is 13.8 Å². The Balaban J connectivity index is 1.47. The van der Waals surface area contributed by atoms with Gasteiger partial charge in [-0.25, -0.2) is 8.42 Å². The van der Waals surface area contributed by atoms with Gasteiger partial charge in [0.2, 0.25) is 11.8 Å². The van der Waals surface area contributed by atoms with Crippen LogP contribution in [-0.2, 0) is 26.2 Å². The van der Waals surface area contributed by atoms with Gasteiger partial charge in [0.15, 0.2) is 0 Å². The normalized spacial score (nSPS) is 14.0. The summed E-state index contributed by atoms with van der Waals surface area (Å²) >= 11 is 0. The maximum atomic E-state index is 14.3. The van der Waals surface area contributed by atoms with Crippen LogP contribution in [0.1, 0.15) is 49.3 Å². The molecule has 9 heteroatoms. The van der Waals surface area contributed by atoms with E-state index < -0.39 is 28.5 Å².